The lowest BCUT2D eigenvalue weighted by Gasteiger charge is -2.15. The zero-order chi connectivity index (χ0) is 13.9. The first-order chi connectivity index (χ1) is 8.24. The first-order valence-corrected chi connectivity index (χ1v) is 4.68. The van der Waals surface area contributed by atoms with Crippen LogP contribution < -0.4 is 16.2 Å². The molecule has 0 aliphatic heterocycles. The van der Waals surface area contributed by atoms with Gasteiger partial charge in [0.25, 0.3) is 0 Å². The van der Waals surface area contributed by atoms with Gasteiger partial charge in [-0.05, 0) is 0 Å². The molecule has 0 saturated heterocycles. The Hall–Kier alpha value is -2.03. The fourth-order valence-corrected chi connectivity index (χ4v) is 1.37. The molecule has 1 heterocycles. The largest absolute Gasteiger partial charge is 0.573 e. The van der Waals surface area contributed by atoms with Gasteiger partial charge in [-0.3, -0.25) is 4.79 Å². The number of rotatable bonds is 4. The summed E-state index contributed by atoms with van der Waals surface area (Å²) in [6, 6.07) is 0. The zero-order valence-corrected chi connectivity index (χ0v) is 8.99. The Morgan fingerprint density at radius 1 is 1.44 bits per heavy atom. The van der Waals surface area contributed by atoms with E-state index in [4.69, 9.17) is 16.6 Å². The van der Waals surface area contributed by atoms with Crippen molar-refractivity contribution in [3.8, 4) is 5.75 Å². The van der Waals surface area contributed by atoms with Crippen LogP contribution in [0.3, 0.4) is 0 Å². The Bertz CT molecular complexity index is 462. The van der Waals surface area contributed by atoms with Crippen molar-refractivity contribution in [3.63, 3.8) is 0 Å². The molecule has 0 aliphatic carbocycles. The van der Waals surface area contributed by atoms with Crippen LogP contribution in [0.1, 0.15) is 11.1 Å². The Morgan fingerprint density at radius 2 is 2.06 bits per heavy atom. The van der Waals surface area contributed by atoms with Crippen molar-refractivity contribution < 1.29 is 27.8 Å². The molecular formula is C9H10F3N3O3. The van der Waals surface area contributed by atoms with E-state index in [1.807, 2.05) is 0 Å². The summed E-state index contributed by atoms with van der Waals surface area (Å²) in [6.45, 7) is -0.346. The smallest absolute Gasteiger partial charge is 0.481 e. The molecule has 9 heteroatoms. The number of carboxylic acids is 1. The lowest BCUT2D eigenvalue weighted by Crippen LogP contribution is -2.21. The van der Waals surface area contributed by atoms with Crippen molar-refractivity contribution in [2.45, 2.75) is 19.3 Å². The Labute approximate surface area is 99.4 Å². The number of ether oxygens (including phenoxy) is 1. The fourth-order valence-electron chi connectivity index (χ4n) is 1.37. The molecule has 1 rings (SSSR count). The van der Waals surface area contributed by atoms with Crippen LogP contribution in [0.15, 0.2) is 6.20 Å². The van der Waals surface area contributed by atoms with Crippen molar-refractivity contribution in [2.24, 2.45) is 5.73 Å². The highest BCUT2D eigenvalue weighted by molar-refractivity contribution is 5.73. The SMILES string of the molecule is NCc1c(OC(F)(F)F)cnc(N)c1CC(=O)O. The number of alkyl halides is 3. The second-order valence-corrected chi connectivity index (χ2v) is 3.29. The minimum Gasteiger partial charge on any atom is -0.481 e. The molecule has 0 unspecified atom stereocenters. The highest BCUT2D eigenvalue weighted by Gasteiger charge is 2.33. The molecule has 0 aliphatic rings. The van der Waals surface area contributed by atoms with Gasteiger partial charge in [-0.15, -0.1) is 13.2 Å². The van der Waals surface area contributed by atoms with E-state index in [1.54, 1.807) is 0 Å². The number of hydrogen-bond acceptors (Lipinski definition) is 5. The molecule has 0 atom stereocenters. The Morgan fingerprint density at radius 3 is 2.50 bits per heavy atom. The number of aliphatic carboxylic acids is 1. The molecule has 0 radical (unpaired) electrons. The average molecular weight is 265 g/mol. The van der Waals surface area contributed by atoms with E-state index in [9.17, 15) is 18.0 Å². The lowest BCUT2D eigenvalue weighted by atomic mass is 10.1. The summed E-state index contributed by atoms with van der Waals surface area (Å²) in [7, 11) is 0. The van der Waals surface area contributed by atoms with E-state index in [0.29, 0.717) is 0 Å². The van der Waals surface area contributed by atoms with Gasteiger partial charge >= 0.3 is 12.3 Å². The molecule has 0 saturated carbocycles. The predicted octanol–water partition coefficient (Wildman–Crippen LogP) is 0.648. The van der Waals surface area contributed by atoms with Gasteiger partial charge in [0, 0.05) is 17.7 Å². The molecule has 5 N–H and O–H groups in total. The Kier molecular flexibility index (Phi) is 3.96. The normalized spacial score (nSPS) is 11.3. The first kappa shape index (κ1) is 14.0. The third-order valence-electron chi connectivity index (χ3n) is 2.05. The number of pyridine rings is 1. The summed E-state index contributed by atoms with van der Waals surface area (Å²) in [4.78, 5) is 14.1. The van der Waals surface area contributed by atoms with Crippen LogP contribution in [0.2, 0.25) is 0 Å². The maximum Gasteiger partial charge on any atom is 0.573 e. The van der Waals surface area contributed by atoms with Crippen LogP contribution in [0.5, 0.6) is 5.75 Å². The van der Waals surface area contributed by atoms with E-state index in [-0.39, 0.29) is 23.5 Å². The Balaban J connectivity index is 3.24. The van der Waals surface area contributed by atoms with Crippen LogP contribution in [0.4, 0.5) is 19.0 Å². The molecule has 1 aromatic heterocycles. The molecule has 0 bridgehead atoms. The van der Waals surface area contributed by atoms with Gasteiger partial charge in [0.1, 0.15) is 5.82 Å². The van der Waals surface area contributed by atoms with Gasteiger partial charge in [0.05, 0.1) is 12.6 Å². The second-order valence-electron chi connectivity index (χ2n) is 3.29. The molecule has 0 spiro atoms. The predicted molar refractivity (Wildman–Crippen MR) is 54.6 cm³/mol. The van der Waals surface area contributed by atoms with Crippen molar-refractivity contribution in [1.82, 2.24) is 4.98 Å². The van der Waals surface area contributed by atoms with Gasteiger partial charge in [-0.25, -0.2) is 4.98 Å². The van der Waals surface area contributed by atoms with E-state index in [0.717, 1.165) is 6.20 Å². The summed E-state index contributed by atoms with van der Waals surface area (Å²) in [6.07, 6.45) is -4.74. The molecule has 0 aromatic carbocycles. The molecule has 1 aromatic rings. The molecule has 0 amide bonds. The molecule has 6 nitrogen and oxygen atoms in total. The van der Waals surface area contributed by atoms with Crippen molar-refractivity contribution in [2.75, 3.05) is 5.73 Å². The standard InChI is InChI=1S/C9H10F3N3O3/c10-9(11,12)18-6-3-15-8(14)4(1-7(16)17)5(6)2-13/h3H,1-2,13H2,(H2,14,15)(H,16,17). The number of hydrogen-bond donors (Lipinski definition) is 3. The van der Waals surface area contributed by atoms with Crippen LogP contribution in [-0.4, -0.2) is 22.4 Å². The van der Waals surface area contributed by atoms with Crippen LogP contribution in [-0.2, 0) is 17.8 Å². The number of halogens is 3. The van der Waals surface area contributed by atoms with Gasteiger partial charge < -0.3 is 21.3 Å². The number of aromatic nitrogens is 1. The highest BCUT2D eigenvalue weighted by Crippen LogP contribution is 2.30. The number of nitrogens with two attached hydrogens (primary N) is 2. The maximum absolute atomic E-state index is 12.1. The minimum atomic E-state index is -4.91. The summed E-state index contributed by atoms with van der Waals surface area (Å²) in [5.74, 6) is -2.09. The van der Waals surface area contributed by atoms with E-state index in [1.165, 1.54) is 0 Å². The average Bonchev–Trinajstić information content (AvgIpc) is 2.20. The number of anilines is 1. The summed E-state index contributed by atoms with van der Waals surface area (Å²) < 4.78 is 40.1. The van der Waals surface area contributed by atoms with Crippen LogP contribution >= 0.6 is 0 Å². The van der Waals surface area contributed by atoms with Crippen LogP contribution in [0.25, 0.3) is 0 Å². The number of carbonyl (C=O) groups is 1. The van der Waals surface area contributed by atoms with Gasteiger partial charge in [-0.1, -0.05) is 0 Å². The highest BCUT2D eigenvalue weighted by atomic mass is 19.4. The summed E-state index contributed by atoms with van der Waals surface area (Å²) in [5.41, 5.74) is 10.5. The van der Waals surface area contributed by atoms with E-state index >= 15 is 0 Å². The van der Waals surface area contributed by atoms with Crippen molar-refractivity contribution in [3.05, 3.63) is 17.3 Å². The second kappa shape index (κ2) is 5.08. The number of nitrogen functional groups attached to an aromatic ring is 1. The zero-order valence-electron chi connectivity index (χ0n) is 8.99. The molecular weight excluding hydrogens is 255 g/mol. The van der Waals surface area contributed by atoms with E-state index < -0.39 is 24.5 Å². The molecule has 0 fully saturated rings. The summed E-state index contributed by atoms with van der Waals surface area (Å²) in [5, 5.41) is 8.65. The first-order valence-electron chi connectivity index (χ1n) is 4.68. The lowest BCUT2D eigenvalue weighted by molar-refractivity contribution is -0.275. The number of carboxylic acid groups (broad SMARTS) is 1. The van der Waals surface area contributed by atoms with Crippen molar-refractivity contribution in [1.29, 1.82) is 0 Å². The van der Waals surface area contributed by atoms with Gasteiger partial charge in [-0.2, -0.15) is 0 Å². The third-order valence-corrected chi connectivity index (χ3v) is 2.05. The quantitative estimate of drug-likeness (QED) is 0.736. The van der Waals surface area contributed by atoms with Crippen LogP contribution in [0, 0.1) is 0 Å². The minimum absolute atomic E-state index is 0.0771. The monoisotopic (exact) mass is 265 g/mol. The topological polar surface area (TPSA) is 111 Å². The van der Waals surface area contributed by atoms with Gasteiger partial charge in [0.15, 0.2) is 5.75 Å². The number of nitrogens with zero attached hydrogens (tertiary/aromatic N) is 1. The summed E-state index contributed by atoms with van der Waals surface area (Å²) >= 11 is 0. The third kappa shape index (κ3) is 3.48. The molecule has 18 heavy (non-hydrogen) atoms. The maximum atomic E-state index is 12.1. The fraction of sp³-hybridized carbons (Fsp3) is 0.333. The van der Waals surface area contributed by atoms with E-state index in [2.05, 4.69) is 9.72 Å². The van der Waals surface area contributed by atoms with Gasteiger partial charge in [0.2, 0.25) is 0 Å². The van der Waals surface area contributed by atoms with Crippen molar-refractivity contribution >= 4 is 11.8 Å². The molecule has 100 valence electrons.